The van der Waals surface area contributed by atoms with Crippen LogP contribution in [-0.2, 0) is 4.75 Å². The molecule has 2 rings (SSSR count). The largest absolute Gasteiger partial charge is 0.419 e. The Bertz CT molecular complexity index is 445. The van der Waals surface area contributed by atoms with E-state index in [1.165, 1.54) is 0 Å². The fourth-order valence-corrected chi connectivity index (χ4v) is 1.26. The first-order chi connectivity index (χ1) is 7.07. The lowest BCUT2D eigenvalue weighted by atomic mass is 10.2. The van der Waals surface area contributed by atoms with Crippen molar-refractivity contribution >= 4 is 12.6 Å². The minimum atomic E-state index is -0.403. The topological polar surface area (TPSA) is 38.9 Å². The van der Waals surface area contributed by atoms with Crippen LogP contribution in [0.3, 0.4) is 0 Å². The maximum atomic E-state index is 5.54. The van der Waals surface area contributed by atoms with Crippen LogP contribution < -0.4 is 0 Å². The second-order valence-corrected chi connectivity index (χ2v) is 4.96. The Labute approximate surface area is 93.9 Å². The molecule has 1 aromatic heterocycles. The lowest BCUT2D eigenvalue weighted by Crippen LogP contribution is -2.07. The van der Waals surface area contributed by atoms with E-state index in [2.05, 4.69) is 22.8 Å². The SMILES string of the molecule is CC(C)(S)c1nnc(-c2ccccc2)o1. The van der Waals surface area contributed by atoms with Crippen LogP contribution in [0.15, 0.2) is 34.7 Å². The second-order valence-electron chi connectivity index (χ2n) is 3.84. The van der Waals surface area contributed by atoms with Crippen LogP contribution in [0.25, 0.3) is 11.5 Å². The van der Waals surface area contributed by atoms with E-state index in [-0.39, 0.29) is 0 Å². The Hall–Kier alpha value is -1.29. The fourth-order valence-electron chi connectivity index (χ4n) is 1.17. The van der Waals surface area contributed by atoms with E-state index < -0.39 is 4.75 Å². The van der Waals surface area contributed by atoms with Crippen molar-refractivity contribution in [2.24, 2.45) is 0 Å². The van der Waals surface area contributed by atoms with Gasteiger partial charge in [0.25, 0.3) is 0 Å². The molecule has 2 aromatic rings. The number of benzene rings is 1. The Balaban J connectivity index is 2.37. The molecule has 1 aromatic carbocycles. The zero-order valence-corrected chi connectivity index (χ0v) is 9.53. The van der Waals surface area contributed by atoms with E-state index in [9.17, 15) is 0 Å². The van der Waals surface area contributed by atoms with E-state index in [1.807, 2.05) is 44.2 Å². The quantitative estimate of drug-likeness (QED) is 0.791. The molecule has 0 fully saturated rings. The van der Waals surface area contributed by atoms with Crippen molar-refractivity contribution in [1.82, 2.24) is 10.2 Å². The number of hydrogen-bond acceptors (Lipinski definition) is 4. The van der Waals surface area contributed by atoms with Crippen molar-refractivity contribution in [3.63, 3.8) is 0 Å². The highest BCUT2D eigenvalue weighted by Gasteiger charge is 2.22. The normalized spacial score (nSPS) is 11.7. The number of nitrogens with zero attached hydrogens (tertiary/aromatic N) is 2. The van der Waals surface area contributed by atoms with Gasteiger partial charge >= 0.3 is 0 Å². The Kier molecular flexibility index (Phi) is 2.52. The van der Waals surface area contributed by atoms with Crippen molar-refractivity contribution in [2.45, 2.75) is 18.6 Å². The summed E-state index contributed by atoms with van der Waals surface area (Å²) in [5.74, 6) is 1.07. The summed E-state index contributed by atoms with van der Waals surface area (Å²) in [4.78, 5) is 0. The summed E-state index contributed by atoms with van der Waals surface area (Å²) in [6, 6.07) is 9.69. The van der Waals surface area contributed by atoms with Gasteiger partial charge in [-0.15, -0.1) is 10.2 Å². The summed E-state index contributed by atoms with van der Waals surface area (Å²) < 4.78 is 5.13. The molecule has 0 spiro atoms. The highest BCUT2D eigenvalue weighted by molar-refractivity contribution is 7.81. The Morgan fingerprint density at radius 2 is 1.80 bits per heavy atom. The molecule has 0 saturated carbocycles. The smallest absolute Gasteiger partial charge is 0.247 e. The maximum Gasteiger partial charge on any atom is 0.247 e. The molecule has 4 heteroatoms. The number of rotatable bonds is 2. The van der Waals surface area contributed by atoms with Crippen molar-refractivity contribution in [3.05, 3.63) is 36.2 Å². The molecule has 78 valence electrons. The zero-order chi connectivity index (χ0) is 10.9. The molecule has 0 aliphatic heterocycles. The van der Waals surface area contributed by atoms with Crippen molar-refractivity contribution < 1.29 is 4.42 Å². The molecule has 0 aliphatic carbocycles. The van der Waals surface area contributed by atoms with Gasteiger partial charge in [-0.05, 0) is 26.0 Å². The standard InChI is InChI=1S/C11H12N2OS/c1-11(2,15)10-13-12-9(14-10)8-6-4-3-5-7-8/h3-7,15H,1-2H3. The van der Waals surface area contributed by atoms with Crippen LogP contribution in [0.2, 0.25) is 0 Å². The lowest BCUT2D eigenvalue weighted by molar-refractivity contribution is 0.463. The molecule has 0 N–H and O–H groups in total. The van der Waals surface area contributed by atoms with Crippen LogP contribution in [0.1, 0.15) is 19.7 Å². The van der Waals surface area contributed by atoms with Gasteiger partial charge in [-0.25, -0.2) is 0 Å². The molecule has 0 amide bonds. The predicted octanol–water partition coefficient (Wildman–Crippen LogP) is 2.90. The minimum absolute atomic E-state index is 0.403. The highest BCUT2D eigenvalue weighted by Crippen LogP contribution is 2.28. The average Bonchev–Trinajstić information content (AvgIpc) is 2.67. The third kappa shape index (κ3) is 2.21. The first-order valence-electron chi connectivity index (χ1n) is 4.69. The van der Waals surface area contributed by atoms with Gasteiger partial charge in [0, 0.05) is 5.56 Å². The molecule has 0 saturated heterocycles. The average molecular weight is 220 g/mol. The molecule has 3 nitrogen and oxygen atoms in total. The molecule has 0 radical (unpaired) electrons. The lowest BCUT2D eigenvalue weighted by Gasteiger charge is -2.09. The van der Waals surface area contributed by atoms with Gasteiger partial charge in [0.05, 0.1) is 4.75 Å². The van der Waals surface area contributed by atoms with E-state index in [0.717, 1.165) is 5.56 Å². The molecule has 0 aliphatic rings. The summed E-state index contributed by atoms with van der Waals surface area (Å²) in [7, 11) is 0. The predicted molar refractivity (Wildman–Crippen MR) is 61.7 cm³/mol. The van der Waals surface area contributed by atoms with Crippen LogP contribution in [0, 0.1) is 0 Å². The third-order valence-electron chi connectivity index (χ3n) is 1.97. The van der Waals surface area contributed by atoms with E-state index in [1.54, 1.807) is 0 Å². The first-order valence-corrected chi connectivity index (χ1v) is 5.14. The van der Waals surface area contributed by atoms with Crippen molar-refractivity contribution in [3.8, 4) is 11.5 Å². The van der Waals surface area contributed by atoms with Gasteiger partial charge in [0.15, 0.2) is 0 Å². The summed E-state index contributed by atoms with van der Waals surface area (Å²) in [5, 5.41) is 7.96. The molecule has 0 atom stereocenters. The molecule has 0 bridgehead atoms. The van der Waals surface area contributed by atoms with E-state index in [0.29, 0.717) is 11.8 Å². The molecular formula is C11H12N2OS. The number of thiol groups is 1. The van der Waals surface area contributed by atoms with E-state index >= 15 is 0 Å². The van der Waals surface area contributed by atoms with Crippen LogP contribution in [0.4, 0.5) is 0 Å². The second kappa shape index (κ2) is 3.70. The summed E-state index contributed by atoms with van der Waals surface area (Å²) >= 11 is 4.37. The molecular weight excluding hydrogens is 208 g/mol. The molecule has 0 unspecified atom stereocenters. The van der Waals surface area contributed by atoms with Gasteiger partial charge in [0.1, 0.15) is 0 Å². The highest BCUT2D eigenvalue weighted by atomic mass is 32.1. The maximum absolute atomic E-state index is 5.54. The third-order valence-corrected chi connectivity index (χ3v) is 2.16. The van der Waals surface area contributed by atoms with Gasteiger partial charge < -0.3 is 4.42 Å². The van der Waals surface area contributed by atoms with E-state index in [4.69, 9.17) is 4.42 Å². The van der Waals surface area contributed by atoms with Crippen LogP contribution in [-0.4, -0.2) is 10.2 Å². The van der Waals surface area contributed by atoms with Crippen LogP contribution in [0.5, 0.6) is 0 Å². The van der Waals surface area contributed by atoms with Gasteiger partial charge in [-0.2, -0.15) is 12.6 Å². The van der Waals surface area contributed by atoms with Crippen LogP contribution >= 0.6 is 12.6 Å². The Morgan fingerprint density at radius 1 is 1.13 bits per heavy atom. The van der Waals surface area contributed by atoms with Gasteiger partial charge in [-0.1, -0.05) is 18.2 Å². The summed E-state index contributed by atoms with van der Waals surface area (Å²) in [6.45, 7) is 3.83. The summed E-state index contributed by atoms with van der Waals surface area (Å²) in [5.41, 5.74) is 0.925. The number of aromatic nitrogens is 2. The number of hydrogen-bond donors (Lipinski definition) is 1. The van der Waals surface area contributed by atoms with Crippen molar-refractivity contribution in [1.29, 1.82) is 0 Å². The summed E-state index contributed by atoms with van der Waals surface area (Å²) in [6.07, 6.45) is 0. The van der Waals surface area contributed by atoms with Crippen molar-refractivity contribution in [2.75, 3.05) is 0 Å². The first kappa shape index (κ1) is 10.2. The monoisotopic (exact) mass is 220 g/mol. The fraction of sp³-hybridized carbons (Fsp3) is 0.273. The minimum Gasteiger partial charge on any atom is -0.419 e. The molecule has 15 heavy (non-hydrogen) atoms. The van der Waals surface area contributed by atoms with Gasteiger partial charge in [0.2, 0.25) is 11.8 Å². The zero-order valence-electron chi connectivity index (χ0n) is 8.64. The molecule has 1 heterocycles. The Morgan fingerprint density at radius 3 is 2.33 bits per heavy atom. The van der Waals surface area contributed by atoms with Gasteiger partial charge in [-0.3, -0.25) is 0 Å².